The van der Waals surface area contributed by atoms with Crippen molar-refractivity contribution in [1.82, 2.24) is 0 Å². The summed E-state index contributed by atoms with van der Waals surface area (Å²) in [5, 5.41) is 11.8. The van der Waals surface area contributed by atoms with Crippen molar-refractivity contribution in [2.75, 3.05) is 0 Å². The number of carboxylic acid groups (broad SMARTS) is 1. The van der Waals surface area contributed by atoms with Crippen LogP contribution in [0, 0.1) is 0 Å². The molecule has 0 atom stereocenters. The molecule has 16 heavy (non-hydrogen) atoms. The first kappa shape index (κ1) is 11.2. The maximum Gasteiger partial charge on any atom is 0.303 e. The van der Waals surface area contributed by atoms with Gasteiger partial charge in [-0.15, -0.1) is 11.3 Å². The predicted molar refractivity (Wildman–Crippen MR) is 67.8 cm³/mol. The Morgan fingerprint density at radius 3 is 3.00 bits per heavy atom. The monoisotopic (exact) mass is 230 g/mol. The highest BCUT2D eigenvalue weighted by Gasteiger charge is 2.05. The van der Waals surface area contributed by atoms with Gasteiger partial charge in [0.2, 0.25) is 0 Å². The Labute approximate surface area is 99.3 Å². The molecule has 0 aliphatic rings. The van der Waals surface area contributed by atoms with Crippen molar-refractivity contribution < 1.29 is 9.90 Å². The SMILES string of the molecule is [B]c1ccc2scc(CCCC(=O)O)c2c1. The van der Waals surface area contributed by atoms with Crippen LogP contribution in [0.2, 0.25) is 0 Å². The lowest BCUT2D eigenvalue weighted by atomic mass is 9.94. The predicted octanol–water partition coefficient (Wildman–Crippen LogP) is 2.10. The van der Waals surface area contributed by atoms with E-state index in [-0.39, 0.29) is 6.42 Å². The van der Waals surface area contributed by atoms with Crippen LogP contribution in [-0.4, -0.2) is 18.9 Å². The smallest absolute Gasteiger partial charge is 0.303 e. The summed E-state index contributed by atoms with van der Waals surface area (Å²) in [6.45, 7) is 0. The van der Waals surface area contributed by atoms with Crippen molar-refractivity contribution in [3.05, 3.63) is 29.1 Å². The van der Waals surface area contributed by atoms with E-state index in [1.165, 1.54) is 10.3 Å². The van der Waals surface area contributed by atoms with Crippen LogP contribution in [0.5, 0.6) is 0 Å². The van der Waals surface area contributed by atoms with Gasteiger partial charge < -0.3 is 5.11 Å². The highest BCUT2D eigenvalue weighted by molar-refractivity contribution is 7.17. The molecule has 2 aromatic rings. The zero-order valence-corrected chi connectivity index (χ0v) is 9.59. The van der Waals surface area contributed by atoms with Crippen LogP contribution in [-0.2, 0) is 11.2 Å². The molecule has 0 aliphatic heterocycles. The van der Waals surface area contributed by atoms with Crippen molar-refractivity contribution >= 4 is 40.7 Å². The Kier molecular flexibility index (Phi) is 3.29. The van der Waals surface area contributed by atoms with Gasteiger partial charge in [0.15, 0.2) is 0 Å². The molecule has 2 radical (unpaired) electrons. The molecule has 1 heterocycles. The standard InChI is InChI=1S/C12H11BO2S/c13-9-4-5-11-10(6-9)8(7-16-11)2-1-3-12(14)15/h4-7H,1-3H2,(H,14,15). The van der Waals surface area contributed by atoms with Gasteiger partial charge in [-0.2, -0.15) is 0 Å². The number of hydrogen-bond donors (Lipinski definition) is 1. The van der Waals surface area contributed by atoms with Crippen molar-refractivity contribution in [2.45, 2.75) is 19.3 Å². The van der Waals surface area contributed by atoms with Gasteiger partial charge in [-0.3, -0.25) is 4.79 Å². The third kappa shape index (κ3) is 2.45. The summed E-state index contributed by atoms with van der Waals surface area (Å²) >= 11 is 1.68. The van der Waals surface area contributed by atoms with Gasteiger partial charge in [0.25, 0.3) is 0 Å². The summed E-state index contributed by atoms with van der Waals surface area (Å²) in [6.07, 6.45) is 1.70. The molecule has 0 aliphatic carbocycles. The van der Waals surface area contributed by atoms with Crippen molar-refractivity contribution in [1.29, 1.82) is 0 Å². The van der Waals surface area contributed by atoms with Crippen LogP contribution in [0.3, 0.4) is 0 Å². The van der Waals surface area contributed by atoms with E-state index in [9.17, 15) is 4.79 Å². The Morgan fingerprint density at radius 2 is 2.25 bits per heavy atom. The van der Waals surface area contributed by atoms with Crippen molar-refractivity contribution in [2.24, 2.45) is 0 Å². The first-order valence-electron chi connectivity index (χ1n) is 5.14. The first-order valence-corrected chi connectivity index (χ1v) is 6.02. The van der Waals surface area contributed by atoms with Gasteiger partial charge in [-0.25, -0.2) is 0 Å². The molecule has 0 saturated carbocycles. The second-order valence-electron chi connectivity index (χ2n) is 3.76. The number of aliphatic carboxylic acids is 1. The molecular weight excluding hydrogens is 219 g/mol. The number of benzene rings is 1. The maximum absolute atomic E-state index is 10.4. The molecule has 2 rings (SSSR count). The number of hydrogen-bond acceptors (Lipinski definition) is 2. The van der Waals surface area contributed by atoms with Gasteiger partial charge in [0.1, 0.15) is 7.85 Å². The number of carboxylic acids is 1. The van der Waals surface area contributed by atoms with E-state index in [4.69, 9.17) is 13.0 Å². The van der Waals surface area contributed by atoms with E-state index >= 15 is 0 Å². The Balaban J connectivity index is 2.17. The summed E-state index contributed by atoms with van der Waals surface area (Å²) in [4.78, 5) is 10.4. The van der Waals surface area contributed by atoms with E-state index in [1.807, 2.05) is 18.2 Å². The Hall–Kier alpha value is -1.29. The van der Waals surface area contributed by atoms with E-state index in [1.54, 1.807) is 11.3 Å². The third-order valence-corrected chi connectivity index (χ3v) is 3.53. The van der Waals surface area contributed by atoms with E-state index in [2.05, 4.69) is 5.38 Å². The number of aryl methyl sites for hydroxylation is 1. The average Bonchev–Trinajstić information content (AvgIpc) is 2.60. The molecule has 0 unspecified atom stereocenters. The van der Waals surface area contributed by atoms with E-state index < -0.39 is 5.97 Å². The molecular formula is C12H11BO2S. The molecule has 0 bridgehead atoms. The van der Waals surface area contributed by atoms with Crippen LogP contribution in [0.15, 0.2) is 23.6 Å². The molecule has 4 heteroatoms. The Morgan fingerprint density at radius 1 is 1.44 bits per heavy atom. The average molecular weight is 230 g/mol. The minimum absolute atomic E-state index is 0.222. The fourth-order valence-corrected chi connectivity index (χ4v) is 2.70. The molecule has 0 spiro atoms. The third-order valence-electron chi connectivity index (χ3n) is 2.51. The number of carbonyl (C=O) groups is 1. The highest BCUT2D eigenvalue weighted by Crippen LogP contribution is 2.26. The lowest BCUT2D eigenvalue weighted by Crippen LogP contribution is -2.00. The zero-order valence-electron chi connectivity index (χ0n) is 8.77. The second-order valence-corrected chi connectivity index (χ2v) is 4.68. The molecule has 80 valence electrons. The van der Waals surface area contributed by atoms with E-state index in [0.29, 0.717) is 6.42 Å². The molecule has 1 aromatic carbocycles. The fraction of sp³-hybridized carbons (Fsp3) is 0.250. The summed E-state index contributed by atoms with van der Waals surface area (Å²) in [5.41, 5.74) is 1.96. The quantitative estimate of drug-likeness (QED) is 0.816. The summed E-state index contributed by atoms with van der Waals surface area (Å²) < 4.78 is 1.21. The van der Waals surface area contributed by atoms with Crippen LogP contribution >= 0.6 is 11.3 Å². The Bertz CT molecular complexity index is 519. The minimum atomic E-state index is -0.737. The largest absolute Gasteiger partial charge is 0.481 e. The number of fused-ring (bicyclic) bond motifs is 1. The lowest BCUT2D eigenvalue weighted by Gasteiger charge is -1.99. The molecule has 2 nitrogen and oxygen atoms in total. The second kappa shape index (κ2) is 4.70. The van der Waals surface area contributed by atoms with Crippen LogP contribution in [0.25, 0.3) is 10.1 Å². The van der Waals surface area contributed by atoms with E-state index in [0.717, 1.165) is 17.3 Å². The highest BCUT2D eigenvalue weighted by atomic mass is 32.1. The molecule has 0 saturated heterocycles. The van der Waals surface area contributed by atoms with Crippen molar-refractivity contribution in [3.8, 4) is 0 Å². The first-order chi connectivity index (χ1) is 7.66. The van der Waals surface area contributed by atoms with Gasteiger partial charge in [-0.1, -0.05) is 17.6 Å². The summed E-state index contributed by atoms with van der Waals surface area (Å²) in [6, 6.07) is 5.86. The molecule has 1 aromatic heterocycles. The molecule has 1 N–H and O–H groups in total. The summed E-state index contributed by atoms with van der Waals surface area (Å²) in [5.74, 6) is -0.737. The zero-order chi connectivity index (χ0) is 11.5. The van der Waals surface area contributed by atoms with Gasteiger partial charge in [0, 0.05) is 11.1 Å². The molecule has 0 amide bonds. The van der Waals surface area contributed by atoms with Crippen molar-refractivity contribution in [3.63, 3.8) is 0 Å². The van der Waals surface area contributed by atoms with Crippen LogP contribution in [0.1, 0.15) is 18.4 Å². The normalized spacial score (nSPS) is 10.8. The molecule has 0 fully saturated rings. The minimum Gasteiger partial charge on any atom is -0.481 e. The van der Waals surface area contributed by atoms with Gasteiger partial charge in [0.05, 0.1) is 0 Å². The number of thiophene rings is 1. The van der Waals surface area contributed by atoms with Crippen LogP contribution < -0.4 is 5.46 Å². The maximum atomic E-state index is 10.4. The summed E-state index contributed by atoms with van der Waals surface area (Å²) in [7, 11) is 5.74. The van der Waals surface area contributed by atoms with Gasteiger partial charge >= 0.3 is 5.97 Å². The number of rotatable bonds is 4. The topological polar surface area (TPSA) is 37.3 Å². The fourth-order valence-electron chi connectivity index (χ4n) is 1.72. The van der Waals surface area contributed by atoms with Gasteiger partial charge in [-0.05, 0) is 35.2 Å². The van der Waals surface area contributed by atoms with Crippen LogP contribution in [0.4, 0.5) is 0 Å². The lowest BCUT2D eigenvalue weighted by molar-refractivity contribution is -0.137.